The Bertz CT molecular complexity index is 1800. The highest BCUT2D eigenvalue weighted by molar-refractivity contribution is 5.85. The maximum atomic E-state index is 15.4. The van der Waals surface area contributed by atoms with Crippen LogP contribution >= 0.6 is 0 Å². The third kappa shape index (κ3) is 3.77. The van der Waals surface area contributed by atoms with Crippen LogP contribution in [0.4, 0.5) is 24.7 Å². The Balaban J connectivity index is 1.35. The Morgan fingerprint density at radius 3 is 2.76 bits per heavy atom. The minimum Gasteiger partial charge on any atom is -0.385 e. The molecule has 1 aliphatic carbocycles. The highest BCUT2D eigenvalue weighted by atomic mass is 19.3. The average molecular weight is 565 g/mol. The van der Waals surface area contributed by atoms with Crippen molar-refractivity contribution in [3.63, 3.8) is 0 Å². The van der Waals surface area contributed by atoms with Gasteiger partial charge in [-0.25, -0.2) is 28.1 Å². The fourth-order valence-electron chi connectivity index (χ4n) is 6.54. The number of fused-ring (bicyclic) bond motifs is 4. The third-order valence-corrected chi connectivity index (χ3v) is 8.79. The highest BCUT2D eigenvalue weighted by Gasteiger charge is 2.63. The molecule has 11 nitrogen and oxygen atoms in total. The number of imidazole rings is 1. The zero-order valence-electron chi connectivity index (χ0n) is 22.0. The van der Waals surface area contributed by atoms with E-state index in [-0.39, 0.29) is 18.3 Å². The Kier molecular flexibility index (Phi) is 5.70. The van der Waals surface area contributed by atoms with E-state index in [0.29, 0.717) is 53.0 Å². The number of piperidine rings is 2. The van der Waals surface area contributed by atoms with Crippen molar-refractivity contribution in [1.29, 1.82) is 0 Å². The van der Waals surface area contributed by atoms with Crippen LogP contribution in [0.5, 0.6) is 0 Å². The van der Waals surface area contributed by atoms with Gasteiger partial charge in [-0.1, -0.05) is 0 Å². The molecule has 212 valence electrons. The molecular formula is C27H27F3N10O. The van der Waals surface area contributed by atoms with Gasteiger partial charge in [0.25, 0.3) is 6.43 Å². The second-order valence-electron chi connectivity index (χ2n) is 10.9. The molecule has 3 aliphatic rings. The maximum absolute atomic E-state index is 15.4. The van der Waals surface area contributed by atoms with Crippen LogP contribution in [0.1, 0.15) is 18.4 Å². The molecule has 41 heavy (non-hydrogen) atoms. The van der Waals surface area contributed by atoms with Crippen molar-refractivity contribution in [2.75, 3.05) is 17.2 Å². The van der Waals surface area contributed by atoms with E-state index >= 15 is 4.39 Å². The highest BCUT2D eigenvalue weighted by Crippen LogP contribution is 2.51. The lowest BCUT2D eigenvalue weighted by Crippen LogP contribution is -2.80. The van der Waals surface area contributed by atoms with E-state index in [9.17, 15) is 13.9 Å². The van der Waals surface area contributed by atoms with Gasteiger partial charge in [0.1, 0.15) is 23.8 Å². The number of nitrogens with zero attached hydrogens (tertiary/aromatic N) is 8. The van der Waals surface area contributed by atoms with Crippen LogP contribution in [-0.2, 0) is 13.6 Å². The standard InChI is InChI=1S/C27H27F3N10O/c1-38-19-7-17(28)16(4-13(19)8-37-38)18-5-14(10-39-12-36-22-25(31)34-11-35-26(22)39)20(9-33-18)40-3-2-15-6-21(40)27(15,32)23(41)24(29)30/h4-5,7-9,11-12,15,21,23-24,41H,2-3,6,10,32H2,1H3,(H2,31,34,35)/t15?,21?,23-,27-/m1/s1. The van der Waals surface area contributed by atoms with E-state index in [1.165, 1.54) is 12.4 Å². The molecule has 1 saturated carbocycles. The molecule has 3 fully saturated rings. The molecule has 2 aliphatic heterocycles. The first-order valence-electron chi connectivity index (χ1n) is 13.2. The number of nitrogens with two attached hydrogens (primary N) is 2. The van der Waals surface area contributed by atoms with Gasteiger partial charge in [-0.05, 0) is 36.5 Å². The first-order chi connectivity index (χ1) is 19.7. The van der Waals surface area contributed by atoms with Crippen LogP contribution in [-0.4, -0.2) is 70.0 Å². The normalized spacial score (nSPS) is 23.0. The fourth-order valence-corrected chi connectivity index (χ4v) is 6.54. The Labute approximate surface area is 231 Å². The molecular weight excluding hydrogens is 537 g/mol. The van der Waals surface area contributed by atoms with Gasteiger partial charge < -0.3 is 26.0 Å². The zero-order chi connectivity index (χ0) is 28.6. The number of nitrogen functional groups attached to an aromatic ring is 1. The van der Waals surface area contributed by atoms with Crippen molar-refractivity contribution in [2.24, 2.45) is 18.7 Å². The smallest absolute Gasteiger partial charge is 0.265 e. The number of aliphatic hydroxyl groups excluding tert-OH is 1. The van der Waals surface area contributed by atoms with Gasteiger partial charge in [0.05, 0.1) is 53.7 Å². The first-order valence-corrected chi connectivity index (χ1v) is 13.2. The summed E-state index contributed by atoms with van der Waals surface area (Å²) in [6, 6.07) is 4.38. The van der Waals surface area contributed by atoms with Crippen LogP contribution in [0, 0.1) is 11.7 Å². The lowest BCUT2D eigenvalue weighted by Gasteiger charge is -2.64. The lowest BCUT2D eigenvalue weighted by atomic mass is 9.56. The SMILES string of the molecule is Cn1ncc2cc(-c3cc(Cn4cnc5c(N)ncnc54)c(N4CCC5CC4[C@@]5(N)[C@H](O)C(F)F)cn3)c(F)cc21. The summed E-state index contributed by atoms with van der Waals surface area (Å²) < 4.78 is 46.0. The van der Waals surface area contributed by atoms with Crippen molar-refractivity contribution >= 4 is 33.6 Å². The summed E-state index contributed by atoms with van der Waals surface area (Å²) in [7, 11) is 1.74. The molecule has 2 unspecified atom stereocenters. The molecule has 2 bridgehead atoms. The van der Waals surface area contributed by atoms with E-state index in [1.807, 2.05) is 4.90 Å². The van der Waals surface area contributed by atoms with Gasteiger partial charge in [0.15, 0.2) is 11.5 Å². The molecule has 5 aromatic rings. The van der Waals surface area contributed by atoms with Crippen LogP contribution in [0.25, 0.3) is 33.3 Å². The fraction of sp³-hybridized carbons (Fsp3) is 0.370. The summed E-state index contributed by atoms with van der Waals surface area (Å²) in [6.07, 6.45) is 2.42. The van der Waals surface area contributed by atoms with Crippen molar-refractivity contribution in [2.45, 2.75) is 43.5 Å². The Hall–Kier alpha value is -4.30. The number of benzene rings is 1. The first kappa shape index (κ1) is 25.7. The average Bonchev–Trinajstić information content (AvgIpc) is 3.55. The summed E-state index contributed by atoms with van der Waals surface area (Å²) in [5.74, 6) is -0.426. The zero-order valence-corrected chi connectivity index (χ0v) is 22.0. The van der Waals surface area contributed by atoms with Crippen molar-refractivity contribution in [1.82, 2.24) is 34.3 Å². The van der Waals surface area contributed by atoms with Crippen molar-refractivity contribution in [3.05, 3.63) is 54.6 Å². The van der Waals surface area contributed by atoms with E-state index in [0.717, 1.165) is 10.9 Å². The number of anilines is 2. The summed E-state index contributed by atoms with van der Waals surface area (Å²) in [5, 5.41) is 15.4. The number of aromatic nitrogens is 7. The quantitative estimate of drug-likeness (QED) is 0.283. The van der Waals surface area contributed by atoms with Crippen molar-refractivity contribution < 1.29 is 18.3 Å². The number of halogens is 3. The topological polar surface area (TPSA) is 150 Å². The second-order valence-corrected chi connectivity index (χ2v) is 10.9. The van der Waals surface area contributed by atoms with E-state index < -0.39 is 29.9 Å². The van der Waals surface area contributed by atoms with Gasteiger partial charge in [0, 0.05) is 30.6 Å². The summed E-state index contributed by atoms with van der Waals surface area (Å²) >= 11 is 0. The van der Waals surface area contributed by atoms with Crippen LogP contribution in [0.3, 0.4) is 0 Å². The molecule has 0 radical (unpaired) electrons. The molecule has 14 heteroatoms. The molecule has 2 saturated heterocycles. The van der Waals surface area contributed by atoms with Gasteiger partial charge >= 0.3 is 0 Å². The molecule has 0 spiro atoms. The molecule has 5 N–H and O–H groups in total. The van der Waals surface area contributed by atoms with E-state index in [2.05, 4.69) is 25.0 Å². The minimum absolute atomic E-state index is 0.207. The number of pyridine rings is 1. The number of aliphatic hydroxyl groups is 1. The number of hydrogen-bond donors (Lipinski definition) is 3. The van der Waals surface area contributed by atoms with E-state index in [1.54, 1.807) is 47.2 Å². The maximum Gasteiger partial charge on any atom is 0.265 e. The van der Waals surface area contributed by atoms with Crippen molar-refractivity contribution in [3.8, 4) is 11.3 Å². The Morgan fingerprint density at radius 1 is 1.15 bits per heavy atom. The molecule has 0 amide bonds. The molecule has 8 rings (SSSR count). The van der Waals surface area contributed by atoms with Crippen LogP contribution in [0.2, 0.25) is 0 Å². The van der Waals surface area contributed by atoms with Gasteiger partial charge in [-0.3, -0.25) is 9.67 Å². The monoisotopic (exact) mass is 564 g/mol. The number of hydrogen-bond acceptors (Lipinski definition) is 9. The molecule has 1 aromatic carbocycles. The van der Waals surface area contributed by atoms with Gasteiger partial charge in [-0.15, -0.1) is 0 Å². The lowest BCUT2D eigenvalue weighted by molar-refractivity contribution is -0.120. The van der Waals surface area contributed by atoms with Gasteiger partial charge in [-0.2, -0.15) is 5.10 Å². The summed E-state index contributed by atoms with van der Waals surface area (Å²) in [5.41, 5.74) is 14.7. The largest absolute Gasteiger partial charge is 0.385 e. The number of alkyl halides is 2. The van der Waals surface area contributed by atoms with Crippen LogP contribution < -0.4 is 16.4 Å². The minimum atomic E-state index is -2.96. The molecule has 4 atom stereocenters. The summed E-state index contributed by atoms with van der Waals surface area (Å²) in [4.78, 5) is 19.2. The predicted molar refractivity (Wildman–Crippen MR) is 146 cm³/mol. The third-order valence-electron chi connectivity index (χ3n) is 8.79. The number of aryl methyl sites for hydroxylation is 1. The predicted octanol–water partition coefficient (Wildman–Crippen LogP) is 2.47. The molecule has 4 aromatic heterocycles. The second kappa shape index (κ2) is 9.11. The summed E-state index contributed by atoms with van der Waals surface area (Å²) in [6.45, 7) is 0.796. The van der Waals surface area contributed by atoms with Gasteiger partial charge in [0.2, 0.25) is 0 Å². The van der Waals surface area contributed by atoms with E-state index in [4.69, 9.17) is 11.5 Å². The Morgan fingerprint density at radius 2 is 1.98 bits per heavy atom. The van der Waals surface area contributed by atoms with Crippen LogP contribution in [0.15, 0.2) is 43.2 Å². The number of rotatable bonds is 6. The molecule has 6 heterocycles.